The van der Waals surface area contributed by atoms with Crippen molar-refractivity contribution in [2.75, 3.05) is 6.61 Å². The molecule has 0 unspecified atom stereocenters. The van der Waals surface area contributed by atoms with Gasteiger partial charge >= 0.3 is 7.82 Å². The first-order chi connectivity index (χ1) is 15.6. The van der Waals surface area contributed by atoms with E-state index in [0.29, 0.717) is 22.6 Å². The third-order valence-electron chi connectivity index (χ3n) is 4.86. The van der Waals surface area contributed by atoms with Gasteiger partial charge in [-0.1, -0.05) is 97.1 Å². The quantitative estimate of drug-likeness (QED) is 0.310. The zero-order valence-electron chi connectivity index (χ0n) is 17.3. The van der Waals surface area contributed by atoms with E-state index in [1.165, 1.54) is 0 Å². The largest absolute Gasteiger partial charge is 0.587 e. The molecule has 0 radical (unpaired) electrons. The molecule has 0 aromatic heterocycles. The van der Waals surface area contributed by atoms with E-state index in [-0.39, 0.29) is 6.61 Å². The molecule has 0 amide bonds. The lowest BCUT2D eigenvalue weighted by molar-refractivity contribution is 0.0177. The van der Waals surface area contributed by atoms with Crippen molar-refractivity contribution in [2.24, 2.45) is 0 Å². The molecule has 1 N–H and O–H groups in total. The zero-order valence-corrected chi connectivity index (χ0v) is 18.2. The molecule has 0 saturated heterocycles. The normalized spacial score (nSPS) is 11.7. The van der Waals surface area contributed by atoms with Crippen LogP contribution in [-0.2, 0) is 14.7 Å². The van der Waals surface area contributed by atoms with Crippen molar-refractivity contribution < 1.29 is 23.2 Å². The molecule has 0 spiro atoms. The topological polar surface area (TPSA) is 65.0 Å². The molecule has 0 aliphatic carbocycles. The summed E-state index contributed by atoms with van der Waals surface area (Å²) in [4.78, 5) is 0. The number of hydrogen-bond acceptors (Lipinski definition) is 5. The Morgan fingerprint density at radius 1 is 0.594 bits per heavy atom. The summed E-state index contributed by atoms with van der Waals surface area (Å²) in [6, 6.07) is 35.5. The Kier molecular flexibility index (Phi) is 6.72. The van der Waals surface area contributed by atoms with Crippen LogP contribution in [0.25, 0.3) is 0 Å². The van der Waals surface area contributed by atoms with Crippen molar-refractivity contribution in [3.05, 3.63) is 132 Å². The first-order valence-electron chi connectivity index (χ1n) is 10.1. The first kappa shape index (κ1) is 21.8. The average Bonchev–Trinajstić information content (AvgIpc) is 2.85. The number of hydrogen-bond donors (Lipinski definition) is 1. The number of benzene rings is 4. The van der Waals surface area contributed by atoms with Gasteiger partial charge in [-0.3, -0.25) is 4.52 Å². The fourth-order valence-corrected chi connectivity index (χ4v) is 4.47. The molecule has 4 rings (SSSR count). The summed E-state index contributed by atoms with van der Waals surface area (Å²) in [5.41, 5.74) is -0.382. The van der Waals surface area contributed by atoms with Crippen molar-refractivity contribution in [1.82, 2.24) is 0 Å². The van der Waals surface area contributed by atoms with Gasteiger partial charge in [0.1, 0.15) is 17.1 Å². The Balaban J connectivity index is 1.66. The van der Waals surface area contributed by atoms with Gasteiger partial charge in [-0.15, -0.1) is 0 Å². The maximum atomic E-state index is 13.7. The standard InChI is InChI=1S/C26H23O5P/c27-26(22-13-5-1-6-14-22,23-15-7-2-8-16-23)21-29-32(28,30-24-17-9-3-10-18-24)31-25-19-11-4-12-20-25/h1-20,27H,21H2. The Hall–Kier alpha value is -3.37. The molecule has 6 heteroatoms. The zero-order chi connectivity index (χ0) is 22.3. The fraction of sp³-hybridized carbons (Fsp3) is 0.0769. The van der Waals surface area contributed by atoms with Crippen LogP contribution in [0, 0.1) is 0 Å². The average molecular weight is 446 g/mol. The third kappa shape index (κ3) is 5.27. The molecular formula is C26H23O5P. The molecular weight excluding hydrogens is 423 g/mol. The van der Waals surface area contributed by atoms with Crippen LogP contribution in [0.5, 0.6) is 11.5 Å². The van der Waals surface area contributed by atoms with E-state index in [4.69, 9.17) is 13.6 Å². The van der Waals surface area contributed by atoms with Gasteiger partial charge in [-0.05, 0) is 35.4 Å². The van der Waals surface area contributed by atoms with Crippen LogP contribution < -0.4 is 9.05 Å². The van der Waals surface area contributed by atoms with Crippen molar-refractivity contribution in [2.45, 2.75) is 5.60 Å². The van der Waals surface area contributed by atoms with Crippen LogP contribution in [0.1, 0.15) is 11.1 Å². The molecule has 0 saturated carbocycles. The van der Waals surface area contributed by atoms with Crippen molar-refractivity contribution in [3.63, 3.8) is 0 Å². The molecule has 0 heterocycles. The summed E-state index contributed by atoms with van der Waals surface area (Å²) in [7, 11) is -4.16. The minimum Gasteiger partial charge on any atom is -0.395 e. The molecule has 0 fully saturated rings. The predicted octanol–water partition coefficient (Wildman–Crippen LogP) is 6.21. The van der Waals surface area contributed by atoms with Crippen molar-refractivity contribution >= 4 is 7.82 Å². The Morgan fingerprint density at radius 3 is 1.31 bits per heavy atom. The smallest absolute Gasteiger partial charge is 0.395 e. The van der Waals surface area contributed by atoms with E-state index < -0.39 is 13.4 Å². The van der Waals surface area contributed by atoms with Crippen molar-refractivity contribution in [3.8, 4) is 11.5 Å². The van der Waals surface area contributed by atoms with E-state index in [9.17, 15) is 9.67 Å². The monoisotopic (exact) mass is 446 g/mol. The van der Waals surface area contributed by atoms with Gasteiger partial charge in [0.05, 0.1) is 6.61 Å². The highest BCUT2D eigenvalue weighted by molar-refractivity contribution is 7.49. The van der Waals surface area contributed by atoms with Gasteiger partial charge in [0.15, 0.2) is 0 Å². The molecule has 5 nitrogen and oxygen atoms in total. The maximum absolute atomic E-state index is 13.7. The van der Waals surface area contributed by atoms with Gasteiger partial charge in [-0.25, -0.2) is 4.57 Å². The second-order valence-electron chi connectivity index (χ2n) is 7.12. The van der Waals surface area contributed by atoms with Gasteiger partial charge in [-0.2, -0.15) is 0 Å². The Labute approximate surface area is 187 Å². The highest BCUT2D eigenvalue weighted by Crippen LogP contribution is 2.51. The molecule has 0 aliphatic rings. The summed E-state index contributed by atoms with van der Waals surface area (Å²) in [6.45, 7) is -0.349. The van der Waals surface area contributed by atoms with Crippen LogP contribution in [0.3, 0.4) is 0 Å². The highest BCUT2D eigenvalue weighted by Gasteiger charge is 2.39. The number of aliphatic hydroxyl groups is 1. The molecule has 0 atom stereocenters. The first-order valence-corrected chi connectivity index (χ1v) is 11.6. The van der Waals surface area contributed by atoms with Gasteiger partial charge in [0.2, 0.25) is 0 Å². The third-order valence-corrected chi connectivity index (χ3v) is 6.17. The molecule has 4 aromatic carbocycles. The molecule has 0 bridgehead atoms. The Morgan fingerprint density at radius 2 is 0.938 bits per heavy atom. The van der Waals surface area contributed by atoms with Crippen LogP contribution >= 0.6 is 7.82 Å². The van der Waals surface area contributed by atoms with E-state index in [2.05, 4.69) is 0 Å². The number of para-hydroxylation sites is 2. The summed E-state index contributed by atoms with van der Waals surface area (Å²) >= 11 is 0. The summed E-state index contributed by atoms with van der Waals surface area (Å²) in [6.07, 6.45) is 0. The summed E-state index contributed by atoms with van der Waals surface area (Å²) in [5, 5.41) is 11.7. The van der Waals surface area contributed by atoms with Gasteiger partial charge in [0, 0.05) is 0 Å². The van der Waals surface area contributed by atoms with E-state index >= 15 is 0 Å². The molecule has 32 heavy (non-hydrogen) atoms. The SMILES string of the molecule is O=P(OCC(O)(c1ccccc1)c1ccccc1)(Oc1ccccc1)Oc1ccccc1. The van der Waals surface area contributed by atoms with Crippen molar-refractivity contribution in [1.29, 1.82) is 0 Å². The lowest BCUT2D eigenvalue weighted by Gasteiger charge is -2.30. The van der Waals surface area contributed by atoms with Crippen LogP contribution in [0.2, 0.25) is 0 Å². The minimum atomic E-state index is -4.16. The highest BCUT2D eigenvalue weighted by atomic mass is 31.2. The van der Waals surface area contributed by atoms with Crippen LogP contribution in [0.4, 0.5) is 0 Å². The van der Waals surface area contributed by atoms with Crippen LogP contribution in [-0.4, -0.2) is 11.7 Å². The lowest BCUT2D eigenvalue weighted by atomic mass is 9.87. The summed E-state index contributed by atoms with van der Waals surface area (Å²) < 4.78 is 30.8. The second-order valence-corrected chi connectivity index (χ2v) is 8.64. The maximum Gasteiger partial charge on any atom is 0.587 e. The van der Waals surface area contributed by atoms with E-state index in [1.54, 1.807) is 72.8 Å². The Bertz CT molecular complexity index is 1070. The van der Waals surface area contributed by atoms with E-state index in [1.807, 2.05) is 48.5 Å². The molecule has 4 aromatic rings. The van der Waals surface area contributed by atoms with Gasteiger partial charge in [0.25, 0.3) is 0 Å². The number of phosphoric acid groups is 1. The predicted molar refractivity (Wildman–Crippen MR) is 124 cm³/mol. The van der Waals surface area contributed by atoms with Gasteiger partial charge < -0.3 is 14.2 Å². The lowest BCUT2D eigenvalue weighted by Crippen LogP contribution is -2.33. The molecule has 162 valence electrons. The summed E-state index contributed by atoms with van der Waals surface area (Å²) in [5.74, 6) is 0.657. The van der Waals surface area contributed by atoms with Crippen LogP contribution in [0.15, 0.2) is 121 Å². The van der Waals surface area contributed by atoms with E-state index in [0.717, 1.165) is 0 Å². The number of rotatable bonds is 9. The fourth-order valence-electron chi connectivity index (χ4n) is 3.23. The second kappa shape index (κ2) is 9.84. The minimum absolute atomic E-state index is 0.328. The molecule has 0 aliphatic heterocycles. The number of phosphoric ester groups is 1.